The Bertz CT molecular complexity index is 2850. The third-order valence-corrected chi connectivity index (χ3v) is 11.7. The highest BCUT2D eigenvalue weighted by molar-refractivity contribution is 6.09. The average Bonchev–Trinajstić information content (AvgIpc) is 3.76. The van der Waals surface area contributed by atoms with E-state index in [1.807, 2.05) is 18.3 Å². The normalized spacial score (nSPS) is 13.0. The number of anilines is 4. The van der Waals surface area contributed by atoms with E-state index < -0.39 is 0 Å². The summed E-state index contributed by atoms with van der Waals surface area (Å²) in [5.41, 5.74) is 13.4. The monoisotopic (exact) mass is 778 g/mol. The molecule has 0 aliphatic carbocycles. The van der Waals surface area contributed by atoms with Crippen LogP contribution in [0.3, 0.4) is 0 Å². The van der Waals surface area contributed by atoms with E-state index in [0.717, 1.165) is 67.5 Å². The van der Waals surface area contributed by atoms with Gasteiger partial charge >= 0.3 is 0 Å². The van der Waals surface area contributed by atoms with E-state index in [4.69, 9.17) is 9.72 Å². The minimum Gasteiger partial charge on any atom is -0.457 e. The van der Waals surface area contributed by atoms with Crippen LogP contribution in [0.2, 0.25) is 0 Å². The van der Waals surface area contributed by atoms with Crippen LogP contribution in [0.15, 0.2) is 140 Å². The predicted octanol–water partition coefficient (Wildman–Crippen LogP) is 14.9. The van der Waals surface area contributed by atoms with Gasteiger partial charge in [0.1, 0.15) is 29.8 Å². The second-order valence-corrected chi connectivity index (χ2v) is 17.6. The van der Waals surface area contributed by atoms with Crippen LogP contribution >= 0.6 is 0 Å². The number of fused-ring (bicyclic) bond motifs is 4. The van der Waals surface area contributed by atoms with Gasteiger partial charge in [0.15, 0.2) is 0 Å². The van der Waals surface area contributed by atoms with Crippen LogP contribution in [0.4, 0.5) is 27.1 Å². The maximum atomic E-state index is 14.5. The van der Waals surface area contributed by atoms with Crippen molar-refractivity contribution in [3.05, 3.63) is 168 Å². The number of aryl methyl sites for hydroxylation is 1. The van der Waals surface area contributed by atoms with Gasteiger partial charge in [-0.3, -0.25) is 4.57 Å². The number of benzene rings is 6. The quantitative estimate of drug-likeness (QED) is 0.154. The van der Waals surface area contributed by atoms with E-state index in [2.05, 4.69) is 173 Å². The summed E-state index contributed by atoms with van der Waals surface area (Å²) in [5, 5.41) is 2.33. The van der Waals surface area contributed by atoms with Crippen molar-refractivity contribution in [2.75, 3.05) is 16.5 Å². The maximum Gasteiger partial charge on any atom is 0.137 e. The van der Waals surface area contributed by atoms with Crippen LogP contribution in [-0.2, 0) is 5.41 Å². The molecule has 0 spiro atoms. The molecule has 9 rings (SSSR count). The summed E-state index contributed by atoms with van der Waals surface area (Å²) in [5.74, 6) is 2.67. The van der Waals surface area contributed by atoms with Gasteiger partial charge in [0.25, 0.3) is 0 Å². The third-order valence-electron chi connectivity index (χ3n) is 11.7. The van der Waals surface area contributed by atoms with Crippen molar-refractivity contribution in [2.24, 2.45) is 0 Å². The lowest BCUT2D eigenvalue weighted by Gasteiger charge is -2.30. The van der Waals surface area contributed by atoms with Gasteiger partial charge in [-0.15, -0.1) is 0 Å². The topological polar surface area (TPSA) is 33.5 Å². The Labute approximate surface area is 347 Å². The first-order chi connectivity index (χ1) is 28.3. The standard InChI is InChI=1S/C53H51FN4O/c1-33(2)45-26-37(36-14-13-15-39(54)25-36)27-46(34(3)4)52(45)57-32-56(48-18-11-12-19-49(48)57)40-28-38(53(6,7)8)29-42(30-40)59-41-20-21-44-43-16-9-10-17-47(43)58(50(44)31-41)51-24-35(5)22-23-55-51/h9-31,33-34H,32H2,1-8H3. The average molecular weight is 779 g/mol. The largest absolute Gasteiger partial charge is 0.457 e. The summed E-state index contributed by atoms with van der Waals surface area (Å²) in [6, 6.07) is 45.9. The summed E-state index contributed by atoms with van der Waals surface area (Å²) in [6.45, 7) is 18.5. The summed E-state index contributed by atoms with van der Waals surface area (Å²) in [7, 11) is 0. The molecule has 59 heavy (non-hydrogen) atoms. The molecular weight excluding hydrogens is 728 g/mol. The van der Waals surface area contributed by atoms with Gasteiger partial charge in [0.2, 0.25) is 0 Å². The zero-order chi connectivity index (χ0) is 41.2. The molecule has 0 saturated heterocycles. The molecule has 6 heteroatoms. The molecule has 5 nitrogen and oxygen atoms in total. The first-order valence-electron chi connectivity index (χ1n) is 20.7. The highest BCUT2D eigenvalue weighted by Crippen LogP contribution is 2.50. The molecule has 0 atom stereocenters. The number of aromatic nitrogens is 2. The lowest BCUT2D eigenvalue weighted by atomic mass is 9.86. The first-order valence-corrected chi connectivity index (χ1v) is 20.7. The second-order valence-electron chi connectivity index (χ2n) is 17.6. The van der Waals surface area contributed by atoms with Gasteiger partial charge < -0.3 is 14.5 Å². The van der Waals surface area contributed by atoms with Gasteiger partial charge in [-0.05, 0) is 136 Å². The van der Waals surface area contributed by atoms with Gasteiger partial charge in [0.05, 0.1) is 22.4 Å². The van der Waals surface area contributed by atoms with Crippen LogP contribution in [0, 0.1) is 12.7 Å². The lowest BCUT2D eigenvalue weighted by Crippen LogP contribution is -2.26. The molecule has 2 aromatic heterocycles. The second kappa shape index (κ2) is 14.8. The van der Waals surface area contributed by atoms with Crippen LogP contribution in [-0.4, -0.2) is 16.2 Å². The molecule has 0 fully saturated rings. The lowest BCUT2D eigenvalue weighted by molar-refractivity contribution is 0.479. The number of hydrogen-bond acceptors (Lipinski definition) is 4. The summed E-state index contributed by atoms with van der Waals surface area (Å²) < 4.78 is 23.6. The van der Waals surface area contributed by atoms with Crippen molar-refractivity contribution in [3.8, 4) is 28.4 Å². The number of ether oxygens (including phenoxy) is 1. The van der Waals surface area contributed by atoms with Crippen molar-refractivity contribution in [1.82, 2.24) is 9.55 Å². The zero-order valence-corrected chi connectivity index (χ0v) is 35.2. The fraction of sp³-hybridized carbons (Fsp3) is 0.226. The van der Waals surface area contributed by atoms with Gasteiger partial charge in [-0.2, -0.15) is 0 Å². The minimum absolute atomic E-state index is 0.136. The van der Waals surface area contributed by atoms with Crippen LogP contribution in [0.5, 0.6) is 11.5 Å². The van der Waals surface area contributed by atoms with Crippen LogP contribution in [0.25, 0.3) is 38.8 Å². The van der Waals surface area contributed by atoms with Crippen molar-refractivity contribution in [2.45, 2.75) is 72.6 Å². The molecule has 0 radical (unpaired) electrons. The van der Waals surface area contributed by atoms with Crippen molar-refractivity contribution >= 4 is 44.6 Å². The van der Waals surface area contributed by atoms with Crippen LogP contribution in [0.1, 0.15) is 82.6 Å². The molecule has 6 aromatic carbocycles. The minimum atomic E-state index is -0.225. The van der Waals surface area contributed by atoms with E-state index in [-0.39, 0.29) is 23.1 Å². The molecule has 1 aliphatic rings. The summed E-state index contributed by atoms with van der Waals surface area (Å²) in [4.78, 5) is 9.68. The van der Waals surface area contributed by atoms with Crippen molar-refractivity contribution in [3.63, 3.8) is 0 Å². The van der Waals surface area contributed by atoms with Crippen molar-refractivity contribution in [1.29, 1.82) is 0 Å². The van der Waals surface area contributed by atoms with E-state index in [1.165, 1.54) is 33.8 Å². The van der Waals surface area contributed by atoms with Crippen LogP contribution < -0.4 is 14.5 Å². The highest BCUT2D eigenvalue weighted by atomic mass is 19.1. The van der Waals surface area contributed by atoms with E-state index in [0.29, 0.717) is 6.67 Å². The number of para-hydroxylation sites is 3. The third kappa shape index (κ3) is 7.01. The Kier molecular flexibility index (Phi) is 9.54. The van der Waals surface area contributed by atoms with E-state index in [1.54, 1.807) is 12.1 Å². The van der Waals surface area contributed by atoms with E-state index in [9.17, 15) is 4.39 Å². The Morgan fingerprint density at radius 1 is 0.627 bits per heavy atom. The van der Waals surface area contributed by atoms with E-state index >= 15 is 0 Å². The molecule has 0 unspecified atom stereocenters. The molecule has 0 N–H and O–H groups in total. The van der Waals surface area contributed by atoms with Crippen molar-refractivity contribution < 1.29 is 9.13 Å². The highest BCUT2D eigenvalue weighted by Gasteiger charge is 2.33. The summed E-state index contributed by atoms with van der Waals surface area (Å²) >= 11 is 0. The predicted molar refractivity (Wildman–Crippen MR) is 244 cm³/mol. The Hall–Kier alpha value is -6.40. The number of rotatable bonds is 8. The molecule has 3 heterocycles. The SMILES string of the molecule is Cc1ccnc(-n2c3ccccc3c3ccc(Oc4cc(N5CN(c6c(C(C)C)cc(-c7cccc(F)c7)cc6C(C)C)c6ccccc65)cc(C(C)(C)C)c4)cc32)c1. The van der Waals surface area contributed by atoms with Gasteiger partial charge in [0, 0.05) is 40.5 Å². The molecule has 296 valence electrons. The Balaban J connectivity index is 1.15. The summed E-state index contributed by atoms with van der Waals surface area (Å²) in [6.07, 6.45) is 1.87. The van der Waals surface area contributed by atoms with Gasteiger partial charge in [-0.1, -0.05) is 90.9 Å². The Morgan fingerprint density at radius 2 is 1.32 bits per heavy atom. The molecular formula is C53H51FN4O. The molecule has 0 bridgehead atoms. The molecule has 1 aliphatic heterocycles. The zero-order valence-electron chi connectivity index (χ0n) is 35.2. The smallest absolute Gasteiger partial charge is 0.137 e. The fourth-order valence-corrected chi connectivity index (χ4v) is 8.60. The number of nitrogens with zero attached hydrogens (tertiary/aromatic N) is 4. The number of hydrogen-bond donors (Lipinski definition) is 0. The number of pyridine rings is 1. The van der Waals surface area contributed by atoms with Gasteiger partial charge in [-0.25, -0.2) is 9.37 Å². The molecule has 0 amide bonds. The molecule has 8 aromatic rings. The first kappa shape index (κ1) is 38.1. The Morgan fingerprint density at radius 3 is 2.02 bits per heavy atom. The maximum absolute atomic E-state index is 14.5. The molecule has 0 saturated carbocycles. The fourth-order valence-electron chi connectivity index (χ4n) is 8.60. The number of halogens is 1.